The van der Waals surface area contributed by atoms with Gasteiger partial charge in [0, 0.05) is 32.0 Å². The first kappa shape index (κ1) is 18.2. The van der Waals surface area contributed by atoms with Gasteiger partial charge in [-0.3, -0.25) is 9.59 Å². The number of carbonyl (C=O) groups excluding carboxylic acids is 2. The van der Waals surface area contributed by atoms with Gasteiger partial charge in [-0.05, 0) is 45.2 Å². The zero-order valence-electron chi connectivity index (χ0n) is 12.7. The van der Waals surface area contributed by atoms with Crippen molar-refractivity contribution in [3.8, 4) is 0 Å². The fraction of sp³-hybridized carbons (Fsp3) is 0.867. The monoisotopic (exact) mass is 317 g/mol. The SMILES string of the molecule is Cl.O=C(NCCCN1CCCCCC1=O)C1CCNCC1. The molecule has 0 spiro atoms. The summed E-state index contributed by atoms with van der Waals surface area (Å²) in [7, 11) is 0. The van der Waals surface area contributed by atoms with Crippen LogP contribution in [0.3, 0.4) is 0 Å². The minimum Gasteiger partial charge on any atom is -0.356 e. The number of nitrogens with one attached hydrogen (secondary N) is 2. The summed E-state index contributed by atoms with van der Waals surface area (Å²) in [4.78, 5) is 25.7. The number of nitrogens with zero attached hydrogens (tertiary/aromatic N) is 1. The average Bonchev–Trinajstić information content (AvgIpc) is 2.69. The van der Waals surface area contributed by atoms with Gasteiger partial charge in [0.25, 0.3) is 0 Å². The van der Waals surface area contributed by atoms with E-state index >= 15 is 0 Å². The molecule has 21 heavy (non-hydrogen) atoms. The molecule has 2 aliphatic rings. The Hall–Kier alpha value is -0.810. The predicted molar refractivity (Wildman–Crippen MR) is 85.5 cm³/mol. The number of amides is 2. The summed E-state index contributed by atoms with van der Waals surface area (Å²) in [5.74, 6) is 0.650. The number of hydrogen-bond acceptors (Lipinski definition) is 3. The van der Waals surface area contributed by atoms with E-state index in [2.05, 4.69) is 10.6 Å². The van der Waals surface area contributed by atoms with Gasteiger partial charge in [0.05, 0.1) is 0 Å². The maximum absolute atomic E-state index is 11.9. The van der Waals surface area contributed by atoms with Gasteiger partial charge in [-0.25, -0.2) is 0 Å². The lowest BCUT2D eigenvalue weighted by molar-refractivity contribution is -0.130. The van der Waals surface area contributed by atoms with Gasteiger partial charge in [0.15, 0.2) is 0 Å². The van der Waals surface area contributed by atoms with Crippen LogP contribution in [0, 0.1) is 5.92 Å². The van der Waals surface area contributed by atoms with Crippen LogP contribution in [0.15, 0.2) is 0 Å². The topological polar surface area (TPSA) is 61.4 Å². The molecule has 0 atom stereocenters. The molecule has 0 bridgehead atoms. The lowest BCUT2D eigenvalue weighted by atomic mass is 9.97. The fourth-order valence-corrected chi connectivity index (χ4v) is 2.98. The Morgan fingerprint density at radius 1 is 1.24 bits per heavy atom. The molecule has 5 nitrogen and oxygen atoms in total. The molecular formula is C15H28ClN3O2. The van der Waals surface area contributed by atoms with E-state index in [0.29, 0.717) is 13.0 Å². The minimum atomic E-state index is 0. The molecule has 2 amide bonds. The number of piperidine rings is 1. The van der Waals surface area contributed by atoms with E-state index in [1.165, 1.54) is 0 Å². The van der Waals surface area contributed by atoms with Crippen molar-refractivity contribution < 1.29 is 9.59 Å². The zero-order valence-corrected chi connectivity index (χ0v) is 13.6. The second-order valence-electron chi connectivity index (χ2n) is 5.86. The fourth-order valence-electron chi connectivity index (χ4n) is 2.98. The third-order valence-electron chi connectivity index (χ3n) is 4.29. The Morgan fingerprint density at radius 2 is 2.00 bits per heavy atom. The van der Waals surface area contributed by atoms with Crippen LogP contribution in [0.4, 0.5) is 0 Å². The minimum absolute atomic E-state index is 0. The summed E-state index contributed by atoms with van der Waals surface area (Å²) in [6.07, 6.45) is 6.75. The Labute approximate surface area is 133 Å². The van der Waals surface area contributed by atoms with Crippen molar-refractivity contribution in [1.29, 1.82) is 0 Å². The number of hydrogen-bond donors (Lipinski definition) is 2. The summed E-state index contributed by atoms with van der Waals surface area (Å²) in [6, 6.07) is 0. The van der Waals surface area contributed by atoms with E-state index in [1.807, 2.05) is 4.90 Å². The van der Waals surface area contributed by atoms with Crippen molar-refractivity contribution in [2.45, 2.75) is 44.9 Å². The molecule has 0 radical (unpaired) electrons. The standard InChI is InChI=1S/C15H27N3O2.ClH/c19-14-5-2-1-3-11-18(14)12-4-8-17-15(20)13-6-9-16-10-7-13;/h13,16H,1-12H2,(H,17,20);1H. The van der Waals surface area contributed by atoms with E-state index in [9.17, 15) is 9.59 Å². The quantitative estimate of drug-likeness (QED) is 0.752. The highest BCUT2D eigenvalue weighted by Gasteiger charge is 2.20. The molecule has 0 aromatic heterocycles. The van der Waals surface area contributed by atoms with E-state index < -0.39 is 0 Å². The van der Waals surface area contributed by atoms with Crippen molar-refractivity contribution in [2.24, 2.45) is 5.92 Å². The van der Waals surface area contributed by atoms with Crippen LogP contribution in [0.2, 0.25) is 0 Å². The lowest BCUT2D eigenvalue weighted by Crippen LogP contribution is -2.39. The van der Waals surface area contributed by atoms with E-state index in [4.69, 9.17) is 0 Å². The molecule has 2 saturated heterocycles. The van der Waals surface area contributed by atoms with Gasteiger partial charge in [0.2, 0.25) is 11.8 Å². The number of halogens is 1. The molecule has 0 saturated carbocycles. The Kier molecular flexibility index (Phi) is 8.69. The highest BCUT2D eigenvalue weighted by Crippen LogP contribution is 2.12. The van der Waals surface area contributed by atoms with Gasteiger partial charge in [0.1, 0.15) is 0 Å². The summed E-state index contributed by atoms with van der Waals surface area (Å²) in [5.41, 5.74) is 0. The first-order chi connectivity index (χ1) is 9.77. The normalized spacial score (nSPS) is 20.6. The number of likely N-dealkylation sites (tertiary alicyclic amines) is 1. The molecule has 2 N–H and O–H groups in total. The highest BCUT2D eigenvalue weighted by molar-refractivity contribution is 5.85. The smallest absolute Gasteiger partial charge is 0.223 e. The molecule has 0 aliphatic carbocycles. The molecule has 0 aromatic rings. The zero-order chi connectivity index (χ0) is 14.2. The molecule has 2 heterocycles. The first-order valence-corrected chi connectivity index (χ1v) is 8.03. The van der Waals surface area contributed by atoms with Crippen molar-refractivity contribution in [3.63, 3.8) is 0 Å². The van der Waals surface area contributed by atoms with Crippen LogP contribution in [-0.2, 0) is 9.59 Å². The average molecular weight is 318 g/mol. The largest absolute Gasteiger partial charge is 0.356 e. The van der Waals surface area contributed by atoms with E-state index in [1.54, 1.807) is 0 Å². The van der Waals surface area contributed by atoms with Crippen molar-refractivity contribution in [3.05, 3.63) is 0 Å². The van der Waals surface area contributed by atoms with E-state index in [0.717, 1.165) is 64.7 Å². The third kappa shape index (κ3) is 6.22. The molecule has 122 valence electrons. The second kappa shape index (κ2) is 10.0. The van der Waals surface area contributed by atoms with Gasteiger partial charge >= 0.3 is 0 Å². The number of carbonyl (C=O) groups is 2. The van der Waals surface area contributed by atoms with Crippen LogP contribution >= 0.6 is 12.4 Å². The molecule has 0 aromatic carbocycles. The summed E-state index contributed by atoms with van der Waals surface area (Å²) in [5, 5.41) is 6.28. The second-order valence-corrected chi connectivity index (χ2v) is 5.86. The molecule has 6 heteroatoms. The summed E-state index contributed by atoms with van der Waals surface area (Å²) < 4.78 is 0. The highest BCUT2D eigenvalue weighted by atomic mass is 35.5. The van der Waals surface area contributed by atoms with Crippen LogP contribution in [0.1, 0.15) is 44.9 Å². The maximum Gasteiger partial charge on any atom is 0.223 e. The summed E-state index contributed by atoms with van der Waals surface area (Å²) >= 11 is 0. The number of rotatable bonds is 5. The third-order valence-corrected chi connectivity index (χ3v) is 4.29. The Bertz CT molecular complexity index is 333. The van der Waals surface area contributed by atoms with Gasteiger partial charge in [-0.15, -0.1) is 12.4 Å². The molecule has 2 rings (SSSR count). The lowest BCUT2D eigenvalue weighted by Gasteiger charge is -2.23. The van der Waals surface area contributed by atoms with Crippen molar-refractivity contribution in [2.75, 3.05) is 32.7 Å². The Balaban J connectivity index is 0.00000220. The van der Waals surface area contributed by atoms with Crippen molar-refractivity contribution >= 4 is 24.2 Å². The van der Waals surface area contributed by atoms with Gasteiger partial charge < -0.3 is 15.5 Å². The maximum atomic E-state index is 11.9. The van der Waals surface area contributed by atoms with Crippen molar-refractivity contribution in [1.82, 2.24) is 15.5 Å². The van der Waals surface area contributed by atoms with Crippen LogP contribution in [0.25, 0.3) is 0 Å². The first-order valence-electron chi connectivity index (χ1n) is 8.03. The predicted octanol–water partition coefficient (Wildman–Crippen LogP) is 1.32. The van der Waals surface area contributed by atoms with Gasteiger partial charge in [-0.2, -0.15) is 0 Å². The Morgan fingerprint density at radius 3 is 2.76 bits per heavy atom. The summed E-state index contributed by atoms with van der Waals surface area (Å²) in [6.45, 7) is 4.25. The van der Waals surface area contributed by atoms with Crippen LogP contribution in [-0.4, -0.2) is 49.4 Å². The molecule has 2 fully saturated rings. The van der Waals surface area contributed by atoms with Crippen LogP contribution in [0.5, 0.6) is 0 Å². The van der Waals surface area contributed by atoms with Crippen LogP contribution < -0.4 is 10.6 Å². The molecule has 0 unspecified atom stereocenters. The van der Waals surface area contributed by atoms with Gasteiger partial charge in [-0.1, -0.05) is 6.42 Å². The van der Waals surface area contributed by atoms with E-state index in [-0.39, 0.29) is 30.1 Å². The molecular weight excluding hydrogens is 290 g/mol. The molecule has 2 aliphatic heterocycles.